The number of hydrogen-bond donors (Lipinski definition) is 0. The van der Waals surface area contributed by atoms with Crippen LogP contribution in [0.1, 0.15) is 63.2 Å². The fourth-order valence-corrected chi connectivity index (χ4v) is 3.22. The van der Waals surface area contributed by atoms with Crippen LogP contribution in [0.15, 0.2) is 24.3 Å². The first-order valence-electron chi connectivity index (χ1n) is 9.10. The summed E-state index contributed by atoms with van der Waals surface area (Å²) >= 11 is 0. The second kappa shape index (κ2) is 8.23. The van der Waals surface area contributed by atoms with Crippen molar-refractivity contribution in [2.24, 2.45) is 5.92 Å². The minimum Gasteiger partial charge on any atom is -0.544 e. The van der Waals surface area contributed by atoms with E-state index in [1.807, 2.05) is 20.8 Å². The quantitative estimate of drug-likeness (QED) is 0.704. The largest absolute Gasteiger partial charge is 0.544 e. The number of rotatable bonds is 6. The number of benzene rings is 1. The van der Waals surface area contributed by atoms with Crippen LogP contribution in [0.4, 0.5) is 8.78 Å². The first kappa shape index (κ1) is 21.1. The Morgan fingerprint density at radius 1 is 1.07 bits per heavy atom. The number of aliphatic carboxylic acids is 1. The second-order valence-electron chi connectivity index (χ2n) is 7.87. The van der Waals surface area contributed by atoms with Crippen molar-refractivity contribution in [3.63, 3.8) is 0 Å². The minimum absolute atomic E-state index is 0.0474. The molecule has 1 aromatic rings. The topological polar surface area (TPSA) is 75.7 Å². The summed E-state index contributed by atoms with van der Waals surface area (Å²) in [6, 6.07) is 5.87. The third-order valence-electron chi connectivity index (χ3n) is 4.46. The third-order valence-corrected chi connectivity index (χ3v) is 4.46. The van der Waals surface area contributed by atoms with Crippen LogP contribution in [-0.2, 0) is 9.53 Å². The van der Waals surface area contributed by atoms with Gasteiger partial charge in [-0.3, -0.25) is 0 Å². The normalized spacial score (nSPS) is 17.2. The highest BCUT2D eigenvalue weighted by Crippen LogP contribution is 2.36. The Morgan fingerprint density at radius 3 is 2.11 bits per heavy atom. The Kier molecular flexibility index (Phi) is 6.44. The van der Waals surface area contributed by atoms with E-state index in [1.54, 1.807) is 0 Å². The van der Waals surface area contributed by atoms with Crippen molar-refractivity contribution in [1.82, 2.24) is 0 Å². The zero-order valence-electron chi connectivity index (χ0n) is 15.8. The number of carbonyl (C=O) groups is 2. The molecular formula is C20H25F2O5-. The van der Waals surface area contributed by atoms with Gasteiger partial charge in [0.05, 0.1) is 5.56 Å². The van der Waals surface area contributed by atoms with E-state index in [2.05, 4.69) is 0 Å². The van der Waals surface area contributed by atoms with E-state index in [1.165, 1.54) is 24.3 Å². The third kappa shape index (κ3) is 5.65. The van der Waals surface area contributed by atoms with Crippen molar-refractivity contribution in [2.75, 3.05) is 0 Å². The molecule has 0 radical (unpaired) electrons. The van der Waals surface area contributed by atoms with Gasteiger partial charge in [0.1, 0.15) is 17.3 Å². The molecule has 27 heavy (non-hydrogen) atoms. The molecule has 1 saturated carbocycles. The number of alkyl halides is 2. The maximum Gasteiger partial charge on any atom is 0.338 e. The lowest BCUT2D eigenvalue weighted by atomic mass is 9.83. The number of carbonyl (C=O) groups excluding carboxylic acids is 2. The van der Waals surface area contributed by atoms with Gasteiger partial charge in [0.2, 0.25) is 0 Å². The number of ether oxygens (including phenoxy) is 2. The standard InChI is InChI=1S/C20H26F2O5/c1-19(2,3)27-15-11-9-14(10-12-15)17(23)26-16(20(21,22)18(24)25)13-7-5-4-6-8-13/h9-13,16H,4-8H2,1-3H3,(H,24,25)/p-1. The fourth-order valence-electron chi connectivity index (χ4n) is 3.22. The van der Waals surface area contributed by atoms with Crippen LogP contribution >= 0.6 is 0 Å². The molecule has 1 aromatic carbocycles. The molecule has 0 aromatic heterocycles. The highest BCUT2D eigenvalue weighted by Gasteiger charge is 2.48. The van der Waals surface area contributed by atoms with Gasteiger partial charge >= 0.3 is 11.9 Å². The molecule has 0 saturated heterocycles. The van der Waals surface area contributed by atoms with Crippen LogP contribution in [0.25, 0.3) is 0 Å². The summed E-state index contributed by atoms with van der Waals surface area (Å²) in [6.07, 6.45) is 1.02. The summed E-state index contributed by atoms with van der Waals surface area (Å²) in [4.78, 5) is 23.3. The van der Waals surface area contributed by atoms with Gasteiger partial charge in [-0.05, 0) is 57.9 Å². The molecule has 1 atom stereocenters. The Bertz CT molecular complexity index is 658. The number of esters is 1. The van der Waals surface area contributed by atoms with E-state index < -0.39 is 35.5 Å². The molecule has 2 rings (SSSR count). The number of carboxylic acids is 1. The summed E-state index contributed by atoms with van der Waals surface area (Å²) in [5.74, 6) is -7.96. The minimum atomic E-state index is -4.24. The van der Waals surface area contributed by atoms with Crippen LogP contribution in [-0.4, -0.2) is 29.6 Å². The summed E-state index contributed by atoms with van der Waals surface area (Å²) in [7, 11) is 0. The molecule has 1 unspecified atom stereocenters. The molecule has 0 amide bonds. The van der Waals surface area contributed by atoms with Crippen LogP contribution in [0, 0.1) is 5.92 Å². The van der Waals surface area contributed by atoms with Crippen molar-refractivity contribution in [3.05, 3.63) is 29.8 Å². The summed E-state index contributed by atoms with van der Waals surface area (Å²) < 4.78 is 39.0. The highest BCUT2D eigenvalue weighted by molar-refractivity contribution is 5.90. The van der Waals surface area contributed by atoms with Gasteiger partial charge in [0.25, 0.3) is 0 Å². The van der Waals surface area contributed by atoms with Gasteiger partial charge in [-0.25, -0.2) is 4.79 Å². The Hall–Kier alpha value is -2.18. The SMILES string of the molecule is CC(C)(C)Oc1ccc(C(=O)OC(C2CCCCC2)C(F)(F)C(=O)[O-])cc1. The predicted octanol–water partition coefficient (Wildman–Crippen LogP) is 3.35. The van der Waals surface area contributed by atoms with Gasteiger partial charge in [0.15, 0.2) is 6.10 Å². The van der Waals surface area contributed by atoms with E-state index in [0.29, 0.717) is 31.4 Å². The lowest BCUT2D eigenvalue weighted by molar-refractivity contribution is -0.337. The average molecular weight is 383 g/mol. The lowest BCUT2D eigenvalue weighted by Crippen LogP contribution is -2.54. The molecule has 0 aliphatic heterocycles. The van der Waals surface area contributed by atoms with Crippen LogP contribution in [0.5, 0.6) is 5.75 Å². The highest BCUT2D eigenvalue weighted by atomic mass is 19.3. The molecule has 0 heterocycles. The van der Waals surface area contributed by atoms with Gasteiger partial charge in [-0.1, -0.05) is 19.3 Å². The average Bonchev–Trinajstić information content (AvgIpc) is 2.59. The van der Waals surface area contributed by atoms with Crippen LogP contribution in [0.3, 0.4) is 0 Å². The molecule has 150 valence electrons. The Labute approximate surface area is 157 Å². The molecule has 1 aliphatic carbocycles. The van der Waals surface area contributed by atoms with Gasteiger partial charge in [0, 0.05) is 5.92 Å². The van der Waals surface area contributed by atoms with Crippen molar-refractivity contribution in [1.29, 1.82) is 0 Å². The first-order valence-corrected chi connectivity index (χ1v) is 9.10. The van der Waals surface area contributed by atoms with E-state index in [0.717, 1.165) is 6.42 Å². The van der Waals surface area contributed by atoms with E-state index in [4.69, 9.17) is 9.47 Å². The zero-order chi connectivity index (χ0) is 20.2. The molecule has 0 bridgehead atoms. The maximum atomic E-state index is 14.2. The van der Waals surface area contributed by atoms with Gasteiger partial charge in [-0.2, -0.15) is 8.78 Å². The molecule has 1 aliphatic rings. The number of halogens is 2. The monoisotopic (exact) mass is 383 g/mol. The Balaban J connectivity index is 2.16. The van der Waals surface area contributed by atoms with Crippen LogP contribution < -0.4 is 9.84 Å². The van der Waals surface area contributed by atoms with Crippen LogP contribution in [0.2, 0.25) is 0 Å². The summed E-state index contributed by atoms with van der Waals surface area (Å²) in [6.45, 7) is 5.60. The lowest BCUT2D eigenvalue weighted by Gasteiger charge is -2.35. The predicted molar refractivity (Wildman–Crippen MR) is 92.6 cm³/mol. The summed E-state index contributed by atoms with van der Waals surface area (Å²) in [5.41, 5.74) is -0.379. The first-order chi connectivity index (χ1) is 12.5. The van der Waals surface area contributed by atoms with Gasteiger partial charge in [-0.15, -0.1) is 0 Å². The second-order valence-corrected chi connectivity index (χ2v) is 7.87. The molecule has 7 heteroatoms. The van der Waals surface area contributed by atoms with Gasteiger partial charge < -0.3 is 19.4 Å². The van der Waals surface area contributed by atoms with Crippen molar-refractivity contribution >= 4 is 11.9 Å². The zero-order valence-corrected chi connectivity index (χ0v) is 15.8. The molecule has 0 spiro atoms. The van der Waals surface area contributed by atoms with Crippen molar-refractivity contribution in [3.8, 4) is 5.75 Å². The van der Waals surface area contributed by atoms with E-state index in [9.17, 15) is 23.5 Å². The van der Waals surface area contributed by atoms with E-state index in [-0.39, 0.29) is 5.56 Å². The fraction of sp³-hybridized carbons (Fsp3) is 0.600. The summed E-state index contributed by atoms with van der Waals surface area (Å²) in [5, 5.41) is 10.9. The molecule has 5 nitrogen and oxygen atoms in total. The molecule has 1 fully saturated rings. The molecule has 0 N–H and O–H groups in total. The molecular weight excluding hydrogens is 358 g/mol. The Morgan fingerprint density at radius 2 is 1.63 bits per heavy atom. The van der Waals surface area contributed by atoms with E-state index >= 15 is 0 Å². The maximum absolute atomic E-state index is 14.2. The number of hydrogen-bond acceptors (Lipinski definition) is 5. The van der Waals surface area contributed by atoms with Crippen molar-refractivity contribution < 1.29 is 33.0 Å². The van der Waals surface area contributed by atoms with Crippen molar-refractivity contribution in [2.45, 2.75) is 70.5 Å². The smallest absolute Gasteiger partial charge is 0.338 e. The number of carboxylic acid groups (broad SMARTS) is 1.